The zero-order valence-corrected chi connectivity index (χ0v) is 12.5. The van der Waals surface area contributed by atoms with Crippen molar-refractivity contribution in [3.63, 3.8) is 0 Å². The lowest BCUT2D eigenvalue weighted by Gasteiger charge is -2.06. The van der Waals surface area contributed by atoms with E-state index in [2.05, 4.69) is 4.72 Å². The normalized spacial score (nSPS) is 10.3. The first-order chi connectivity index (χ1) is 9.15. The molecule has 1 N–H and O–H groups in total. The zero-order valence-electron chi connectivity index (χ0n) is 9.40. The van der Waals surface area contributed by atoms with Crippen molar-refractivity contribution >= 4 is 52.7 Å². The average molecular weight is 337 g/mol. The van der Waals surface area contributed by atoms with E-state index in [0.717, 1.165) is 17.9 Å². The predicted molar refractivity (Wildman–Crippen MR) is 80.8 cm³/mol. The second-order valence-corrected chi connectivity index (χ2v) is 5.21. The molecule has 3 nitrogen and oxygen atoms in total. The van der Waals surface area contributed by atoms with Gasteiger partial charge in [-0.15, -0.1) is 0 Å². The van der Waals surface area contributed by atoms with Gasteiger partial charge in [0, 0.05) is 15.7 Å². The van der Waals surface area contributed by atoms with E-state index < -0.39 is 0 Å². The van der Waals surface area contributed by atoms with Crippen LogP contribution in [0.5, 0.6) is 5.75 Å². The number of hydrogen-bond donors (Lipinski definition) is 1. The minimum Gasteiger partial charge on any atom is -0.322 e. The molecule has 0 radical (unpaired) electrons. The molecule has 0 fully saturated rings. The third kappa shape index (κ3) is 4.67. The molecule has 0 saturated heterocycles. The Morgan fingerprint density at radius 3 is 2.47 bits per heavy atom. The highest BCUT2D eigenvalue weighted by Crippen LogP contribution is 2.28. The molecule has 0 spiro atoms. The first-order valence-electron chi connectivity index (χ1n) is 5.12. The van der Waals surface area contributed by atoms with Gasteiger partial charge in [0.05, 0.1) is 5.02 Å². The van der Waals surface area contributed by atoms with Crippen molar-refractivity contribution in [1.29, 1.82) is 0 Å². The van der Waals surface area contributed by atoms with Crippen LogP contribution in [0.1, 0.15) is 0 Å². The molecule has 0 aliphatic heterocycles. The summed E-state index contributed by atoms with van der Waals surface area (Å²) in [6, 6.07) is 12.0. The maximum absolute atomic E-state index is 5.91. The summed E-state index contributed by atoms with van der Waals surface area (Å²) >= 11 is 18.4. The quantitative estimate of drug-likeness (QED) is 0.252. The van der Waals surface area contributed by atoms with E-state index in [4.69, 9.17) is 44.0 Å². The molecule has 0 amide bonds. The molecular formula is C12H8Cl3NO2S. The molecule has 0 aliphatic carbocycles. The second kappa shape index (κ2) is 7.12. The Labute approximate surface area is 130 Å². The first-order valence-corrected chi connectivity index (χ1v) is 6.99. The fraction of sp³-hybridized carbons (Fsp3) is 0. The van der Waals surface area contributed by atoms with E-state index in [-0.39, 0.29) is 0 Å². The van der Waals surface area contributed by atoms with E-state index in [1.54, 1.807) is 30.3 Å². The van der Waals surface area contributed by atoms with Crippen molar-refractivity contribution in [3.05, 3.63) is 57.5 Å². The molecule has 0 aliphatic rings. The Hall–Kier alpha value is -0.780. The van der Waals surface area contributed by atoms with Crippen molar-refractivity contribution < 1.29 is 9.22 Å². The highest BCUT2D eigenvalue weighted by molar-refractivity contribution is 7.95. The molecule has 2 aromatic rings. The highest BCUT2D eigenvalue weighted by atomic mass is 35.5. The van der Waals surface area contributed by atoms with Crippen molar-refractivity contribution in [3.8, 4) is 5.75 Å². The van der Waals surface area contributed by atoms with Gasteiger partial charge in [-0.1, -0.05) is 45.2 Å². The third-order valence-electron chi connectivity index (χ3n) is 2.04. The summed E-state index contributed by atoms with van der Waals surface area (Å²) in [7, 11) is 0. The lowest BCUT2D eigenvalue weighted by Crippen LogP contribution is -1.94. The summed E-state index contributed by atoms with van der Waals surface area (Å²) in [5.74, 6) is 0.381. The molecule has 0 saturated carbocycles. The van der Waals surface area contributed by atoms with Crippen LogP contribution in [0.3, 0.4) is 0 Å². The van der Waals surface area contributed by atoms with Crippen LogP contribution in [0.25, 0.3) is 0 Å². The zero-order chi connectivity index (χ0) is 13.7. The number of benzene rings is 2. The van der Waals surface area contributed by atoms with Crippen LogP contribution in [0.2, 0.25) is 15.1 Å². The van der Waals surface area contributed by atoms with Crippen LogP contribution in [0.4, 0.5) is 5.69 Å². The monoisotopic (exact) mass is 335 g/mol. The topological polar surface area (TPSA) is 30.5 Å². The van der Waals surface area contributed by atoms with Crippen LogP contribution in [0.15, 0.2) is 42.5 Å². The van der Waals surface area contributed by atoms with Crippen LogP contribution in [-0.2, 0) is 4.33 Å². The minimum atomic E-state index is 0.371. The average Bonchev–Trinajstić information content (AvgIpc) is 2.37. The molecular weight excluding hydrogens is 329 g/mol. The summed E-state index contributed by atoms with van der Waals surface area (Å²) < 4.78 is 7.82. The summed E-state index contributed by atoms with van der Waals surface area (Å²) in [5.41, 5.74) is 0.795. The van der Waals surface area contributed by atoms with Crippen molar-refractivity contribution in [2.24, 2.45) is 0 Å². The number of rotatable bonds is 5. The van der Waals surface area contributed by atoms with E-state index in [9.17, 15) is 0 Å². The van der Waals surface area contributed by atoms with E-state index in [1.807, 2.05) is 12.1 Å². The minimum absolute atomic E-state index is 0.371. The molecule has 0 heterocycles. The maximum Gasteiger partial charge on any atom is 0.185 e. The van der Waals surface area contributed by atoms with Crippen molar-refractivity contribution in [1.82, 2.24) is 0 Å². The van der Waals surface area contributed by atoms with E-state index in [0.29, 0.717) is 20.8 Å². The Morgan fingerprint density at radius 1 is 0.947 bits per heavy atom. The Bertz CT molecular complexity index is 568. The fourth-order valence-electron chi connectivity index (χ4n) is 1.21. The molecule has 0 bridgehead atoms. The SMILES string of the molecule is Clc1cccc(NSOOc2ccc(Cl)cc2Cl)c1. The lowest BCUT2D eigenvalue weighted by atomic mass is 10.3. The van der Waals surface area contributed by atoms with Crippen molar-refractivity contribution in [2.45, 2.75) is 0 Å². The van der Waals surface area contributed by atoms with E-state index in [1.165, 1.54) is 0 Å². The molecule has 7 heteroatoms. The summed E-state index contributed by atoms with van der Waals surface area (Å²) in [6.07, 6.45) is 0. The van der Waals surface area contributed by atoms with Gasteiger partial charge in [0.2, 0.25) is 0 Å². The number of halogens is 3. The smallest absolute Gasteiger partial charge is 0.185 e. The largest absolute Gasteiger partial charge is 0.322 e. The van der Waals surface area contributed by atoms with Crippen LogP contribution in [-0.4, -0.2) is 0 Å². The predicted octanol–water partition coefficient (Wildman–Crippen LogP) is 5.63. The fourth-order valence-corrected chi connectivity index (χ4v) is 2.21. The van der Waals surface area contributed by atoms with Crippen molar-refractivity contribution in [2.75, 3.05) is 4.72 Å². The van der Waals surface area contributed by atoms with Crippen LogP contribution < -0.4 is 9.61 Å². The van der Waals surface area contributed by atoms with Gasteiger partial charge in [0.15, 0.2) is 18.0 Å². The summed E-state index contributed by atoms with van der Waals surface area (Å²) in [6.45, 7) is 0. The molecule has 0 unspecified atom stereocenters. The maximum atomic E-state index is 5.91. The second-order valence-electron chi connectivity index (χ2n) is 3.42. The first kappa shape index (κ1) is 14.6. The number of nitrogens with one attached hydrogen (secondary N) is 1. The number of anilines is 1. The van der Waals surface area contributed by atoms with Gasteiger partial charge < -0.3 is 9.61 Å². The standard InChI is InChI=1S/C12H8Cl3NO2S/c13-8-2-1-3-10(6-8)16-19-18-17-12-5-4-9(14)7-11(12)15/h1-7,16H. The molecule has 19 heavy (non-hydrogen) atoms. The van der Waals surface area contributed by atoms with Gasteiger partial charge in [0.1, 0.15) is 0 Å². The van der Waals surface area contributed by atoms with E-state index >= 15 is 0 Å². The van der Waals surface area contributed by atoms with Gasteiger partial charge in [0.25, 0.3) is 0 Å². The molecule has 2 rings (SSSR count). The Kier molecular flexibility index (Phi) is 5.48. The van der Waals surface area contributed by atoms with Gasteiger partial charge in [-0.25, -0.2) is 0 Å². The van der Waals surface area contributed by atoms with Gasteiger partial charge in [-0.05, 0) is 36.4 Å². The molecule has 0 aromatic heterocycles. The Morgan fingerprint density at radius 2 is 1.74 bits per heavy atom. The molecule has 2 aromatic carbocycles. The summed E-state index contributed by atoms with van der Waals surface area (Å²) in [4.78, 5) is 5.02. The van der Waals surface area contributed by atoms with Crippen LogP contribution >= 0.6 is 47.0 Å². The summed E-state index contributed by atoms with van der Waals surface area (Å²) in [5, 5.41) is 1.53. The highest BCUT2D eigenvalue weighted by Gasteiger charge is 2.04. The third-order valence-corrected chi connectivity index (χ3v) is 3.26. The van der Waals surface area contributed by atoms with Crippen LogP contribution in [0, 0.1) is 0 Å². The Balaban J connectivity index is 1.81. The lowest BCUT2D eigenvalue weighted by molar-refractivity contribution is -0.0769. The molecule has 100 valence electrons. The molecule has 0 atom stereocenters. The van der Waals surface area contributed by atoms with Gasteiger partial charge in [-0.3, -0.25) is 0 Å². The number of hydrogen-bond acceptors (Lipinski definition) is 4. The van der Waals surface area contributed by atoms with Gasteiger partial charge in [-0.2, -0.15) is 0 Å². The van der Waals surface area contributed by atoms with Gasteiger partial charge >= 0.3 is 0 Å².